The van der Waals surface area contributed by atoms with Crippen LogP contribution in [-0.2, 0) is 32.1 Å². The molecule has 2 bridgehead atoms. The van der Waals surface area contributed by atoms with Crippen LogP contribution in [0.3, 0.4) is 0 Å². The van der Waals surface area contributed by atoms with Crippen LogP contribution in [0, 0.1) is 0 Å². The minimum absolute atomic E-state index is 0.0167. The van der Waals surface area contributed by atoms with Gasteiger partial charge in [-0.05, 0) is 65.4 Å². The van der Waals surface area contributed by atoms with E-state index in [1.54, 1.807) is 42.5 Å². The van der Waals surface area contributed by atoms with Crippen LogP contribution in [0.5, 0.6) is 5.75 Å². The lowest BCUT2D eigenvalue weighted by Crippen LogP contribution is -2.48. The van der Waals surface area contributed by atoms with Crippen LogP contribution in [0.25, 0.3) is 21.7 Å². The number of hydrogen-bond donors (Lipinski definition) is 2. The van der Waals surface area contributed by atoms with Crippen molar-refractivity contribution in [3.8, 4) is 5.75 Å². The Balaban J connectivity index is 1.12. The summed E-state index contributed by atoms with van der Waals surface area (Å²) in [5, 5.41) is 8.87. The highest BCUT2D eigenvalue weighted by atomic mass is 16.5. The second-order valence-corrected chi connectivity index (χ2v) is 14.5. The molecule has 5 amide bonds. The normalized spacial score (nSPS) is 19.5. The number of likely N-dealkylation sites (N-methyl/N-ethyl adjacent to an activating group) is 2. The number of aryl methyl sites for hydroxylation is 1. The number of benzene rings is 3. The second kappa shape index (κ2) is 17.0. The Morgan fingerprint density at radius 2 is 1.64 bits per heavy atom. The lowest BCUT2D eigenvalue weighted by atomic mass is 10.0. The zero-order valence-electron chi connectivity index (χ0n) is 31.5. The molecule has 5 aromatic rings. The third-order valence-corrected chi connectivity index (χ3v) is 10.7. The van der Waals surface area contributed by atoms with Gasteiger partial charge in [0.05, 0.1) is 12.6 Å². The first-order valence-corrected chi connectivity index (χ1v) is 18.9. The van der Waals surface area contributed by atoms with Gasteiger partial charge in [0.1, 0.15) is 29.6 Å². The molecule has 0 unspecified atom stereocenters. The van der Waals surface area contributed by atoms with Crippen LogP contribution in [0.15, 0.2) is 97.3 Å². The third kappa shape index (κ3) is 8.62. The molecule has 13 nitrogen and oxygen atoms in total. The lowest BCUT2D eigenvalue weighted by Gasteiger charge is -2.28. The van der Waals surface area contributed by atoms with E-state index in [-0.39, 0.29) is 75.0 Å². The van der Waals surface area contributed by atoms with Gasteiger partial charge in [-0.2, -0.15) is 0 Å². The number of nitrogens with zero attached hydrogens (tertiary/aromatic N) is 5. The molecule has 2 aliphatic rings. The van der Waals surface area contributed by atoms with Gasteiger partial charge >= 0.3 is 0 Å². The average Bonchev–Trinajstić information content (AvgIpc) is 3.63. The van der Waals surface area contributed by atoms with Gasteiger partial charge in [-0.25, -0.2) is 4.98 Å². The van der Waals surface area contributed by atoms with Crippen molar-refractivity contribution in [3.05, 3.63) is 114 Å². The largest absolute Gasteiger partial charge is 0.489 e. The number of ether oxygens (including phenoxy) is 1. The highest BCUT2D eigenvalue weighted by Crippen LogP contribution is 2.27. The highest BCUT2D eigenvalue weighted by molar-refractivity contribution is 5.99. The standard InChI is InChI=1S/C43H45N7O6/c1-48-26-40(53)50-25-32(46-38(51)17-13-28-19-21-44-22-20-28)23-33(50)27-56-37-12-6-9-30-14-15-35(47-41(30)37)43(55)49(2)36(16-18-39(48)52)42(54)45-24-31-10-5-8-29-7-3-4-11-34(29)31/h3-12,14-15,19-22,32-33,36H,13,16-18,23-27H2,1-2H3,(H,45,54)(H,46,51)/t32-,33-,36-/m0/s1. The first-order chi connectivity index (χ1) is 27.1. The van der Waals surface area contributed by atoms with Gasteiger partial charge in [0.15, 0.2) is 0 Å². The number of amides is 5. The van der Waals surface area contributed by atoms with Crippen LogP contribution in [0.4, 0.5) is 0 Å². The third-order valence-electron chi connectivity index (χ3n) is 10.7. The van der Waals surface area contributed by atoms with Crippen molar-refractivity contribution in [1.82, 2.24) is 35.3 Å². The van der Waals surface area contributed by atoms with Crippen LogP contribution in [0.1, 0.15) is 47.3 Å². The Morgan fingerprint density at radius 1 is 0.875 bits per heavy atom. The number of hydrogen-bond acceptors (Lipinski definition) is 8. The Bertz CT molecular complexity index is 2260. The quantitative estimate of drug-likeness (QED) is 0.254. The van der Waals surface area contributed by atoms with E-state index in [2.05, 4.69) is 15.6 Å². The van der Waals surface area contributed by atoms with Crippen LogP contribution in [0.2, 0.25) is 0 Å². The van der Waals surface area contributed by atoms with Crippen molar-refractivity contribution in [1.29, 1.82) is 0 Å². The number of aromatic nitrogens is 2. The average molecular weight is 756 g/mol. The summed E-state index contributed by atoms with van der Waals surface area (Å²) in [6.45, 7) is 0.374. The van der Waals surface area contributed by atoms with Gasteiger partial charge in [-0.3, -0.25) is 29.0 Å². The molecule has 288 valence electrons. The molecule has 2 aromatic heterocycles. The number of fused-ring (bicyclic) bond motifs is 3. The molecule has 0 spiro atoms. The fraction of sp³-hybridized carbons (Fsp3) is 0.326. The smallest absolute Gasteiger partial charge is 0.272 e. The maximum Gasteiger partial charge on any atom is 0.272 e. The molecule has 0 aliphatic carbocycles. The van der Waals surface area contributed by atoms with E-state index in [1.807, 2.05) is 66.7 Å². The summed E-state index contributed by atoms with van der Waals surface area (Å²) in [6, 6.07) is 24.6. The van der Waals surface area contributed by atoms with E-state index in [0.29, 0.717) is 24.1 Å². The summed E-state index contributed by atoms with van der Waals surface area (Å²) in [4.78, 5) is 81.5. The van der Waals surface area contributed by atoms with Crippen molar-refractivity contribution >= 4 is 51.2 Å². The maximum absolute atomic E-state index is 14.1. The summed E-state index contributed by atoms with van der Waals surface area (Å²) < 4.78 is 6.35. The molecule has 7 rings (SSSR count). The number of pyridine rings is 2. The van der Waals surface area contributed by atoms with Crippen LogP contribution in [-0.4, -0.2) is 106 Å². The molecule has 2 aliphatic heterocycles. The molecule has 56 heavy (non-hydrogen) atoms. The van der Waals surface area contributed by atoms with Gasteiger partial charge < -0.3 is 30.1 Å². The predicted molar refractivity (Wildman–Crippen MR) is 210 cm³/mol. The zero-order chi connectivity index (χ0) is 39.2. The zero-order valence-corrected chi connectivity index (χ0v) is 31.5. The first-order valence-electron chi connectivity index (χ1n) is 18.9. The number of rotatable bonds is 7. The van der Waals surface area contributed by atoms with E-state index in [1.165, 1.54) is 16.8 Å². The Hall–Kier alpha value is -6.37. The van der Waals surface area contributed by atoms with E-state index in [0.717, 1.165) is 27.3 Å². The summed E-state index contributed by atoms with van der Waals surface area (Å²) in [5.41, 5.74) is 2.49. The van der Waals surface area contributed by atoms with Crippen molar-refractivity contribution in [2.24, 2.45) is 0 Å². The molecule has 3 atom stereocenters. The van der Waals surface area contributed by atoms with Gasteiger partial charge in [-0.15, -0.1) is 0 Å². The van der Waals surface area contributed by atoms with Gasteiger partial charge in [0, 0.05) is 63.8 Å². The molecule has 1 fully saturated rings. The van der Waals surface area contributed by atoms with E-state index >= 15 is 0 Å². The molecule has 4 heterocycles. The Morgan fingerprint density at radius 3 is 2.48 bits per heavy atom. The first kappa shape index (κ1) is 37.9. The van der Waals surface area contributed by atoms with Gasteiger partial charge in [0.2, 0.25) is 23.6 Å². The van der Waals surface area contributed by atoms with E-state index in [4.69, 9.17) is 9.72 Å². The molecular weight excluding hydrogens is 711 g/mol. The van der Waals surface area contributed by atoms with Crippen molar-refractivity contribution in [3.63, 3.8) is 0 Å². The van der Waals surface area contributed by atoms with Crippen molar-refractivity contribution < 1.29 is 28.7 Å². The van der Waals surface area contributed by atoms with E-state index in [9.17, 15) is 24.0 Å². The number of carbonyl (C=O) groups is 5. The molecule has 0 saturated carbocycles. The topological polar surface area (TPSA) is 154 Å². The summed E-state index contributed by atoms with van der Waals surface area (Å²) in [6.07, 6.45) is 4.61. The summed E-state index contributed by atoms with van der Waals surface area (Å²) in [7, 11) is 3.09. The summed E-state index contributed by atoms with van der Waals surface area (Å²) in [5.74, 6) is -1.25. The van der Waals surface area contributed by atoms with Crippen LogP contribution >= 0.6 is 0 Å². The minimum atomic E-state index is -1.02. The summed E-state index contributed by atoms with van der Waals surface area (Å²) >= 11 is 0. The molecule has 0 radical (unpaired) electrons. The molecule has 1 saturated heterocycles. The highest BCUT2D eigenvalue weighted by Gasteiger charge is 2.37. The minimum Gasteiger partial charge on any atom is -0.489 e. The molecule has 2 N–H and O–H groups in total. The van der Waals surface area contributed by atoms with E-state index < -0.39 is 23.9 Å². The molecule has 13 heteroatoms. The Labute approximate surface area is 325 Å². The number of para-hydroxylation sites is 1. The van der Waals surface area contributed by atoms with Crippen molar-refractivity contribution in [2.45, 2.75) is 56.8 Å². The number of nitrogens with one attached hydrogen (secondary N) is 2. The molecule has 3 aromatic carbocycles. The Kier molecular flexibility index (Phi) is 11.5. The van der Waals surface area contributed by atoms with Gasteiger partial charge in [-0.1, -0.05) is 60.7 Å². The SMILES string of the molecule is CN1CC(=O)N2C[C@@H](NC(=O)CCc3ccncc3)C[C@H]2COc2cccc3ccc(nc23)C(=O)N(C)[C@H](C(=O)NCc2cccc3ccccc23)CCC1=O. The fourth-order valence-electron chi connectivity index (χ4n) is 7.54. The molecular formula is C43H45N7O6. The monoisotopic (exact) mass is 755 g/mol. The predicted octanol–water partition coefficient (Wildman–Crippen LogP) is 3.89. The van der Waals surface area contributed by atoms with Gasteiger partial charge in [0.25, 0.3) is 5.91 Å². The van der Waals surface area contributed by atoms with Crippen molar-refractivity contribution in [2.75, 3.05) is 33.8 Å². The van der Waals surface area contributed by atoms with Crippen LogP contribution < -0.4 is 15.4 Å². The lowest BCUT2D eigenvalue weighted by molar-refractivity contribution is -0.140. The fourth-order valence-corrected chi connectivity index (χ4v) is 7.54. The number of carbonyl (C=O) groups excluding carboxylic acids is 5. The maximum atomic E-state index is 14.1. The second-order valence-electron chi connectivity index (χ2n) is 14.5.